The van der Waals surface area contributed by atoms with Crippen molar-refractivity contribution in [2.75, 3.05) is 13.2 Å². The van der Waals surface area contributed by atoms with Gasteiger partial charge in [-0.25, -0.2) is 0 Å². The maximum atomic E-state index is 13.2. The highest BCUT2D eigenvalue weighted by atomic mass is 16.7. The predicted octanol–water partition coefficient (Wildman–Crippen LogP) is 15.6. The van der Waals surface area contributed by atoms with Gasteiger partial charge in [-0.1, -0.05) is 274 Å². The van der Waals surface area contributed by atoms with E-state index in [2.05, 4.69) is 67.8 Å². The molecule has 0 aromatic carbocycles. The summed E-state index contributed by atoms with van der Waals surface area (Å²) < 4.78 is 11.1. The van der Waals surface area contributed by atoms with E-state index in [-0.39, 0.29) is 12.8 Å². The Kier molecular flexibility index (Phi) is 53.7. The van der Waals surface area contributed by atoms with Crippen molar-refractivity contribution < 1.29 is 50.0 Å². The summed E-state index contributed by atoms with van der Waals surface area (Å²) in [5.41, 5.74) is 0. The third kappa shape index (κ3) is 44.3. The molecule has 0 aromatic rings. The molecule has 1 fully saturated rings. The van der Waals surface area contributed by atoms with Crippen molar-refractivity contribution in [2.24, 2.45) is 0 Å². The number of aliphatic hydroxyl groups excluding tert-OH is 7. The van der Waals surface area contributed by atoms with Crippen molar-refractivity contribution in [3.05, 3.63) is 48.6 Å². The van der Waals surface area contributed by atoms with Crippen molar-refractivity contribution in [3.8, 4) is 0 Å². The molecule has 1 rings (SSSR count). The average Bonchev–Trinajstić information content (AvgIpc) is 3.46. The van der Waals surface area contributed by atoms with Crippen molar-refractivity contribution in [1.29, 1.82) is 0 Å². The summed E-state index contributed by atoms with van der Waals surface area (Å²) in [5, 5.41) is 76.1. The van der Waals surface area contributed by atoms with Crippen molar-refractivity contribution in [2.45, 2.75) is 364 Å². The molecule has 0 saturated carbocycles. The van der Waals surface area contributed by atoms with Crippen molar-refractivity contribution in [3.63, 3.8) is 0 Å². The fourth-order valence-corrected chi connectivity index (χ4v) is 10.7. The molecule has 1 amide bonds. The monoisotopic (exact) mass is 1120 g/mol. The van der Waals surface area contributed by atoms with E-state index < -0.39 is 74.2 Å². The third-order valence-electron chi connectivity index (χ3n) is 16.0. The number of carbonyl (C=O) groups is 1. The minimum absolute atomic E-state index is 0.240. The molecule has 9 atom stereocenters. The number of rotatable bonds is 58. The molecule has 1 aliphatic heterocycles. The van der Waals surface area contributed by atoms with Crippen LogP contribution in [0.1, 0.15) is 309 Å². The van der Waals surface area contributed by atoms with E-state index in [0.29, 0.717) is 19.3 Å². The molecule has 0 spiro atoms. The number of hydrogen-bond donors (Lipinski definition) is 8. The summed E-state index contributed by atoms with van der Waals surface area (Å²) in [6.45, 7) is 3.39. The van der Waals surface area contributed by atoms with Crippen LogP contribution in [0.2, 0.25) is 0 Å². The van der Waals surface area contributed by atoms with Gasteiger partial charge in [0.05, 0.1) is 25.4 Å². The molecule has 1 saturated heterocycles. The summed E-state index contributed by atoms with van der Waals surface area (Å²) >= 11 is 0. The molecule has 79 heavy (non-hydrogen) atoms. The van der Waals surface area contributed by atoms with Gasteiger partial charge in [-0.05, 0) is 83.5 Å². The molecule has 1 aliphatic rings. The van der Waals surface area contributed by atoms with Crippen LogP contribution in [-0.2, 0) is 14.3 Å². The quantitative estimate of drug-likeness (QED) is 0.0215. The fourth-order valence-electron chi connectivity index (χ4n) is 10.7. The van der Waals surface area contributed by atoms with Crippen LogP contribution < -0.4 is 5.32 Å². The normalized spacial score (nSPS) is 19.6. The first-order valence-corrected chi connectivity index (χ1v) is 33.5. The second-order valence-electron chi connectivity index (χ2n) is 23.5. The first kappa shape index (κ1) is 75.1. The lowest BCUT2D eigenvalue weighted by molar-refractivity contribution is -0.303. The molecule has 1 heterocycles. The molecule has 0 radical (unpaired) electrons. The Bertz CT molecular complexity index is 1420. The number of nitrogens with one attached hydrogen (secondary N) is 1. The number of allylic oxidation sites excluding steroid dienone is 8. The molecular weight excluding hydrogens is 991 g/mol. The number of carbonyl (C=O) groups excluding carboxylic acids is 1. The van der Waals surface area contributed by atoms with Crippen LogP contribution in [0.5, 0.6) is 0 Å². The Hall–Kier alpha value is -1.93. The van der Waals surface area contributed by atoms with Gasteiger partial charge < -0.3 is 50.5 Å². The second-order valence-corrected chi connectivity index (χ2v) is 23.5. The van der Waals surface area contributed by atoms with Gasteiger partial charge >= 0.3 is 0 Å². The maximum absolute atomic E-state index is 13.2. The lowest BCUT2D eigenvalue weighted by atomic mass is 9.98. The van der Waals surface area contributed by atoms with Crippen LogP contribution in [0.15, 0.2) is 48.6 Å². The van der Waals surface area contributed by atoms with E-state index in [1.54, 1.807) is 0 Å². The van der Waals surface area contributed by atoms with E-state index in [4.69, 9.17) is 9.47 Å². The standard InChI is InChI=1S/C68H127NO10/c1-3-5-7-9-11-13-15-17-19-20-21-22-23-24-25-26-27-28-29-30-31-32-33-34-35-36-37-38-39-40-41-42-44-46-48-50-52-54-56-61(72)67(77)69-59(58-78-68-66(76)65(75)64(74)62(57-70)79-68)63(73)60(71)55-53-51-49-47-45-43-18-16-14-12-10-8-6-4-2/h8,10,16,18,30-31,47,49,59-66,68,70-76H,3-7,9,11-15,17,19-29,32-46,48,50-58H2,1-2H3,(H,69,77)/b10-8+,18-16+,31-30-,49-47+. The van der Waals surface area contributed by atoms with Crippen molar-refractivity contribution in [1.82, 2.24) is 5.32 Å². The maximum Gasteiger partial charge on any atom is 0.249 e. The van der Waals surface area contributed by atoms with Gasteiger partial charge in [0.25, 0.3) is 0 Å². The predicted molar refractivity (Wildman–Crippen MR) is 330 cm³/mol. The molecule has 8 N–H and O–H groups in total. The summed E-state index contributed by atoms with van der Waals surface area (Å²) in [4.78, 5) is 13.2. The van der Waals surface area contributed by atoms with Gasteiger partial charge in [0.2, 0.25) is 5.91 Å². The van der Waals surface area contributed by atoms with E-state index in [0.717, 1.165) is 51.4 Å². The second kappa shape index (κ2) is 56.5. The van der Waals surface area contributed by atoms with Crippen molar-refractivity contribution >= 4 is 5.91 Å². The van der Waals surface area contributed by atoms with Gasteiger partial charge in [-0.3, -0.25) is 4.79 Å². The summed E-state index contributed by atoms with van der Waals surface area (Å²) in [6.07, 6.45) is 62.2. The number of aliphatic hydroxyl groups is 7. The van der Waals surface area contributed by atoms with E-state index in [9.17, 15) is 40.5 Å². The van der Waals surface area contributed by atoms with Crippen LogP contribution in [0.25, 0.3) is 0 Å². The highest BCUT2D eigenvalue weighted by Crippen LogP contribution is 2.24. The minimum atomic E-state index is -1.67. The smallest absolute Gasteiger partial charge is 0.249 e. The Balaban J connectivity index is 2.12. The van der Waals surface area contributed by atoms with E-state index >= 15 is 0 Å². The number of hydrogen-bond acceptors (Lipinski definition) is 10. The molecule has 0 bridgehead atoms. The number of ether oxygens (including phenoxy) is 2. The van der Waals surface area contributed by atoms with Crippen LogP contribution in [-0.4, -0.2) is 110 Å². The van der Waals surface area contributed by atoms with Crippen LogP contribution in [0.3, 0.4) is 0 Å². The lowest BCUT2D eigenvalue weighted by Crippen LogP contribution is -2.60. The molecule has 0 aromatic heterocycles. The van der Waals surface area contributed by atoms with Gasteiger partial charge in [-0.2, -0.15) is 0 Å². The molecule has 11 nitrogen and oxygen atoms in total. The number of unbranched alkanes of at least 4 members (excludes halogenated alkanes) is 38. The summed E-state index contributed by atoms with van der Waals surface area (Å²) in [5.74, 6) is -0.710. The Morgan fingerprint density at radius 2 is 0.785 bits per heavy atom. The topological polar surface area (TPSA) is 189 Å². The first-order valence-electron chi connectivity index (χ1n) is 33.5. The molecule has 0 aliphatic carbocycles. The van der Waals surface area contributed by atoms with Gasteiger partial charge in [0, 0.05) is 0 Å². The minimum Gasteiger partial charge on any atom is -0.394 e. The summed E-state index contributed by atoms with van der Waals surface area (Å²) in [6, 6.07) is -1.19. The Morgan fingerprint density at radius 1 is 0.430 bits per heavy atom. The summed E-state index contributed by atoms with van der Waals surface area (Å²) in [7, 11) is 0. The largest absolute Gasteiger partial charge is 0.394 e. The van der Waals surface area contributed by atoms with Gasteiger partial charge in [-0.15, -0.1) is 0 Å². The molecule has 9 unspecified atom stereocenters. The van der Waals surface area contributed by atoms with E-state index in [1.165, 1.54) is 212 Å². The Labute approximate surface area is 485 Å². The third-order valence-corrected chi connectivity index (χ3v) is 16.0. The lowest BCUT2D eigenvalue weighted by Gasteiger charge is -2.40. The van der Waals surface area contributed by atoms with Crippen LogP contribution in [0.4, 0.5) is 0 Å². The first-order chi connectivity index (χ1) is 38.7. The zero-order valence-electron chi connectivity index (χ0n) is 51.1. The number of amides is 1. The Morgan fingerprint density at radius 3 is 1.18 bits per heavy atom. The molecule has 464 valence electrons. The zero-order valence-corrected chi connectivity index (χ0v) is 51.1. The van der Waals surface area contributed by atoms with Gasteiger partial charge in [0.1, 0.15) is 36.6 Å². The van der Waals surface area contributed by atoms with Gasteiger partial charge in [0.15, 0.2) is 6.29 Å². The fraction of sp³-hybridized carbons (Fsp3) is 0.868. The highest BCUT2D eigenvalue weighted by Gasteiger charge is 2.44. The van der Waals surface area contributed by atoms with Crippen LogP contribution in [0, 0.1) is 0 Å². The molecular formula is C68H127NO10. The molecule has 11 heteroatoms. The SMILES string of the molecule is CCC/C=C/CC/C=C/CC/C=C/CCCC(O)C(O)C(COC1OC(CO)C(O)C(O)C1O)NC(=O)C(O)CCCCCCCCCCCCCCCCCC/C=C\CCCCCCCCCCCCCCCCCCCC. The highest BCUT2D eigenvalue weighted by molar-refractivity contribution is 5.80. The zero-order chi connectivity index (χ0) is 57.5. The van der Waals surface area contributed by atoms with E-state index in [1.807, 2.05) is 0 Å². The average molecular weight is 1120 g/mol. The van der Waals surface area contributed by atoms with Crippen LogP contribution >= 0.6 is 0 Å².